The highest BCUT2D eigenvalue weighted by Gasteiger charge is 2.15. The third-order valence-electron chi connectivity index (χ3n) is 3.65. The molecule has 24 heavy (non-hydrogen) atoms. The standard InChI is InChI=1S/C18H17NO3S2/c1-22-16-8-6-14-11-18(9-7-13(14)10-16)24(20,21)19-15-4-3-5-17(12-15)23-2/h3-12,19H,1-2H3. The molecule has 0 spiro atoms. The second-order valence-electron chi connectivity index (χ2n) is 5.21. The van der Waals surface area contributed by atoms with Gasteiger partial charge in [0.25, 0.3) is 10.0 Å². The van der Waals surface area contributed by atoms with Gasteiger partial charge in [0.1, 0.15) is 5.75 Å². The molecule has 0 aliphatic rings. The van der Waals surface area contributed by atoms with Gasteiger partial charge in [0.05, 0.1) is 12.0 Å². The van der Waals surface area contributed by atoms with Crippen molar-refractivity contribution in [3.8, 4) is 5.75 Å². The van der Waals surface area contributed by atoms with Crippen LogP contribution < -0.4 is 9.46 Å². The Morgan fingerprint density at radius 3 is 2.46 bits per heavy atom. The zero-order chi connectivity index (χ0) is 17.2. The van der Waals surface area contributed by atoms with Crippen molar-refractivity contribution in [2.24, 2.45) is 0 Å². The van der Waals surface area contributed by atoms with Gasteiger partial charge < -0.3 is 4.74 Å². The lowest BCUT2D eigenvalue weighted by atomic mass is 10.1. The molecule has 0 aromatic heterocycles. The molecule has 3 rings (SSSR count). The molecule has 4 nitrogen and oxygen atoms in total. The van der Waals surface area contributed by atoms with E-state index in [-0.39, 0.29) is 4.90 Å². The highest BCUT2D eigenvalue weighted by atomic mass is 32.2. The van der Waals surface area contributed by atoms with E-state index in [4.69, 9.17) is 4.74 Å². The summed E-state index contributed by atoms with van der Waals surface area (Å²) in [5.41, 5.74) is 0.552. The van der Waals surface area contributed by atoms with Crippen molar-refractivity contribution in [1.29, 1.82) is 0 Å². The van der Waals surface area contributed by atoms with E-state index in [2.05, 4.69) is 4.72 Å². The minimum atomic E-state index is -3.64. The minimum absolute atomic E-state index is 0.231. The van der Waals surface area contributed by atoms with Crippen LogP contribution in [0, 0.1) is 0 Å². The van der Waals surface area contributed by atoms with Crippen LogP contribution in [0.2, 0.25) is 0 Å². The first-order chi connectivity index (χ1) is 11.5. The summed E-state index contributed by atoms with van der Waals surface area (Å²) >= 11 is 1.56. The number of sulfonamides is 1. The molecular formula is C18H17NO3S2. The Kier molecular flexibility index (Phi) is 4.69. The van der Waals surface area contributed by atoms with Crippen LogP contribution in [-0.4, -0.2) is 21.8 Å². The SMILES string of the molecule is COc1ccc2cc(S(=O)(=O)Nc3cccc(SC)c3)ccc2c1. The summed E-state index contributed by atoms with van der Waals surface area (Å²) in [5, 5.41) is 1.77. The van der Waals surface area contributed by atoms with Gasteiger partial charge in [-0.3, -0.25) is 4.72 Å². The van der Waals surface area contributed by atoms with Gasteiger partial charge in [0.15, 0.2) is 0 Å². The molecule has 0 radical (unpaired) electrons. The van der Waals surface area contributed by atoms with Crippen molar-refractivity contribution < 1.29 is 13.2 Å². The zero-order valence-electron chi connectivity index (χ0n) is 13.3. The molecule has 0 atom stereocenters. The quantitative estimate of drug-likeness (QED) is 0.687. The predicted molar refractivity (Wildman–Crippen MR) is 99.5 cm³/mol. The number of thioether (sulfide) groups is 1. The van der Waals surface area contributed by atoms with Crippen LogP contribution in [0.15, 0.2) is 70.5 Å². The maximum atomic E-state index is 12.6. The normalized spacial score (nSPS) is 11.4. The third kappa shape index (κ3) is 3.49. The number of benzene rings is 3. The predicted octanol–water partition coefficient (Wildman–Crippen LogP) is 4.37. The first-order valence-electron chi connectivity index (χ1n) is 7.26. The molecule has 6 heteroatoms. The van der Waals surface area contributed by atoms with Crippen LogP contribution in [0.3, 0.4) is 0 Å². The largest absolute Gasteiger partial charge is 0.497 e. The Morgan fingerprint density at radius 2 is 1.71 bits per heavy atom. The second kappa shape index (κ2) is 6.75. The van der Waals surface area contributed by atoms with Crippen molar-refractivity contribution in [3.05, 3.63) is 60.7 Å². The Labute approximate surface area is 145 Å². The molecule has 0 saturated heterocycles. The number of hydrogen-bond donors (Lipinski definition) is 1. The summed E-state index contributed by atoms with van der Waals surface area (Å²) < 4.78 is 33.1. The molecule has 1 N–H and O–H groups in total. The highest BCUT2D eigenvalue weighted by molar-refractivity contribution is 7.98. The van der Waals surface area contributed by atoms with Gasteiger partial charge >= 0.3 is 0 Å². The van der Waals surface area contributed by atoms with E-state index >= 15 is 0 Å². The smallest absolute Gasteiger partial charge is 0.261 e. The van der Waals surface area contributed by atoms with Gasteiger partial charge in [-0.15, -0.1) is 11.8 Å². The van der Waals surface area contributed by atoms with Gasteiger partial charge in [-0.2, -0.15) is 0 Å². The Bertz CT molecular complexity index is 984. The molecule has 0 bridgehead atoms. The van der Waals surface area contributed by atoms with Crippen LogP contribution >= 0.6 is 11.8 Å². The van der Waals surface area contributed by atoms with E-state index in [1.165, 1.54) is 0 Å². The molecule has 0 aliphatic heterocycles. The Balaban J connectivity index is 1.95. The first kappa shape index (κ1) is 16.7. The van der Waals surface area contributed by atoms with E-state index in [1.807, 2.05) is 42.7 Å². The summed E-state index contributed by atoms with van der Waals surface area (Å²) in [4.78, 5) is 1.23. The van der Waals surface area contributed by atoms with Crippen molar-refractivity contribution in [3.63, 3.8) is 0 Å². The van der Waals surface area contributed by atoms with Gasteiger partial charge in [-0.1, -0.05) is 18.2 Å². The molecule has 0 heterocycles. The lowest BCUT2D eigenvalue weighted by Gasteiger charge is -2.10. The van der Waals surface area contributed by atoms with Gasteiger partial charge in [0.2, 0.25) is 0 Å². The van der Waals surface area contributed by atoms with E-state index in [0.29, 0.717) is 5.69 Å². The zero-order valence-corrected chi connectivity index (χ0v) is 14.9. The van der Waals surface area contributed by atoms with E-state index in [0.717, 1.165) is 21.4 Å². The Hall–Kier alpha value is -2.18. The van der Waals surface area contributed by atoms with Crippen LogP contribution in [-0.2, 0) is 10.0 Å². The molecule has 3 aromatic rings. The molecule has 0 aliphatic carbocycles. The van der Waals surface area contributed by atoms with Gasteiger partial charge in [-0.25, -0.2) is 8.42 Å². The summed E-state index contributed by atoms with van der Waals surface area (Å²) in [5.74, 6) is 0.741. The number of nitrogens with one attached hydrogen (secondary N) is 1. The lowest BCUT2D eigenvalue weighted by molar-refractivity contribution is 0.415. The fourth-order valence-electron chi connectivity index (χ4n) is 2.40. The lowest BCUT2D eigenvalue weighted by Crippen LogP contribution is -2.12. The summed E-state index contributed by atoms with van der Waals surface area (Å²) in [6, 6.07) is 17.9. The molecule has 124 valence electrons. The number of hydrogen-bond acceptors (Lipinski definition) is 4. The molecule has 0 fully saturated rings. The molecule has 0 saturated carbocycles. The van der Waals surface area contributed by atoms with Crippen molar-refractivity contribution in [2.75, 3.05) is 18.1 Å². The average Bonchev–Trinajstić information content (AvgIpc) is 2.60. The maximum Gasteiger partial charge on any atom is 0.261 e. The molecule has 0 amide bonds. The molecular weight excluding hydrogens is 342 g/mol. The maximum absolute atomic E-state index is 12.6. The average molecular weight is 359 g/mol. The van der Waals surface area contributed by atoms with Crippen LogP contribution in [0.5, 0.6) is 5.75 Å². The number of anilines is 1. The first-order valence-corrected chi connectivity index (χ1v) is 9.97. The summed E-state index contributed by atoms with van der Waals surface area (Å²) in [6.45, 7) is 0. The van der Waals surface area contributed by atoms with Crippen LogP contribution in [0.4, 0.5) is 5.69 Å². The third-order valence-corrected chi connectivity index (χ3v) is 5.76. The number of ether oxygens (including phenoxy) is 1. The van der Waals surface area contributed by atoms with Crippen LogP contribution in [0.1, 0.15) is 0 Å². The highest BCUT2D eigenvalue weighted by Crippen LogP contribution is 2.26. The van der Waals surface area contributed by atoms with Crippen LogP contribution in [0.25, 0.3) is 10.8 Å². The monoisotopic (exact) mass is 359 g/mol. The molecule has 3 aromatic carbocycles. The van der Waals surface area contributed by atoms with E-state index in [9.17, 15) is 8.42 Å². The van der Waals surface area contributed by atoms with Crippen molar-refractivity contribution in [2.45, 2.75) is 9.79 Å². The van der Waals surface area contributed by atoms with Gasteiger partial charge in [0, 0.05) is 10.6 Å². The van der Waals surface area contributed by atoms with Crippen molar-refractivity contribution >= 4 is 38.2 Å². The summed E-state index contributed by atoms with van der Waals surface area (Å²) in [6.07, 6.45) is 1.95. The summed E-state index contributed by atoms with van der Waals surface area (Å²) in [7, 11) is -2.03. The van der Waals surface area contributed by atoms with E-state index in [1.54, 1.807) is 43.1 Å². The van der Waals surface area contributed by atoms with E-state index < -0.39 is 10.0 Å². The fraction of sp³-hybridized carbons (Fsp3) is 0.111. The number of rotatable bonds is 5. The minimum Gasteiger partial charge on any atom is -0.497 e. The van der Waals surface area contributed by atoms with Crippen molar-refractivity contribution in [1.82, 2.24) is 0 Å². The molecule has 0 unspecified atom stereocenters. The topological polar surface area (TPSA) is 55.4 Å². The fourth-order valence-corrected chi connectivity index (χ4v) is 3.94. The number of fused-ring (bicyclic) bond motifs is 1. The number of methoxy groups -OCH3 is 1. The second-order valence-corrected chi connectivity index (χ2v) is 7.77. The Morgan fingerprint density at radius 1 is 0.958 bits per heavy atom. The van der Waals surface area contributed by atoms with Gasteiger partial charge in [-0.05, 0) is 59.5 Å².